The van der Waals surface area contributed by atoms with Crippen LogP contribution in [0.25, 0.3) is 0 Å². The first-order chi connectivity index (χ1) is 16.1. The van der Waals surface area contributed by atoms with Crippen LogP contribution in [0.15, 0.2) is 0 Å². The molecule has 0 heterocycles. The molecule has 3 nitrogen and oxygen atoms in total. The third-order valence-electron chi connectivity index (χ3n) is 6.71. The van der Waals surface area contributed by atoms with Gasteiger partial charge in [0.1, 0.15) is 0 Å². The first-order valence-corrected chi connectivity index (χ1v) is 16.4. The predicted octanol–water partition coefficient (Wildman–Crippen LogP) is 10.9. The molecule has 2 N–H and O–H groups in total. The van der Waals surface area contributed by atoms with Crippen LogP contribution in [0.2, 0.25) is 0 Å². The molecule has 33 heavy (non-hydrogen) atoms. The summed E-state index contributed by atoms with van der Waals surface area (Å²) in [5, 5.41) is 0. The maximum atomic E-state index is 8.74. The Morgan fingerprint density at radius 2 is 0.424 bits per heavy atom. The first kappa shape index (κ1) is 35.3. The van der Waals surface area contributed by atoms with Gasteiger partial charge in [-0.1, -0.05) is 187 Å². The van der Waals surface area contributed by atoms with Gasteiger partial charge in [0.15, 0.2) is 0 Å². The lowest BCUT2D eigenvalue weighted by atomic mass is 10.0. The maximum Gasteiger partial charge on any atom is 0.314 e. The van der Waals surface area contributed by atoms with Crippen LogP contribution in [-0.2, 0) is 4.57 Å². The Morgan fingerprint density at radius 1 is 0.333 bits per heavy atom. The summed E-state index contributed by atoms with van der Waals surface area (Å²) >= 11 is 0. The average Bonchev–Trinajstić information content (AvgIpc) is 2.79. The normalized spacial score (nSPS) is 11.1. The van der Waals surface area contributed by atoms with Gasteiger partial charge in [0.25, 0.3) is 0 Å². The van der Waals surface area contributed by atoms with Crippen molar-refractivity contribution in [3.63, 3.8) is 0 Å². The number of unbranched alkanes of at least 4 members (excludes halogenated alkanes) is 26. The van der Waals surface area contributed by atoms with Gasteiger partial charge in [-0.3, -0.25) is 4.57 Å². The predicted molar refractivity (Wildman–Crippen MR) is 149 cm³/mol. The van der Waals surface area contributed by atoms with E-state index in [1.54, 1.807) is 0 Å². The van der Waals surface area contributed by atoms with Gasteiger partial charge in [0.2, 0.25) is 0 Å². The minimum absolute atomic E-state index is 1.37. The smallest absolute Gasteiger partial charge is 0.314 e. The lowest BCUT2D eigenvalue weighted by Crippen LogP contribution is -1.84. The van der Waals surface area contributed by atoms with E-state index in [9.17, 15) is 0 Å². The molecule has 0 spiro atoms. The Morgan fingerprint density at radius 3 is 0.515 bits per heavy atom. The summed E-state index contributed by atoms with van der Waals surface area (Å²) in [7, 11) is -3.13. The summed E-state index contributed by atoms with van der Waals surface area (Å²) in [6.07, 6.45) is 39.9. The molecule has 0 unspecified atom stereocenters. The quantitative estimate of drug-likeness (QED) is 0.0936. The molecule has 202 valence electrons. The van der Waals surface area contributed by atoms with Crippen molar-refractivity contribution in [1.82, 2.24) is 0 Å². The highest BCUT2D eigenvalue weighted by atomic mass is 31.1. The molecule has 0 aliphatic carbocycles. The molecule has 0 saturated heterocycles. The van der Waals surface area contributed by atoms with E-state index in [-0.39, 0.29) is 0 Å². The highest BCUT2D eigenvalue weighted by molar-refractivity contribution is 7.30. The van der Waals surface area contributed by atoms with Crippen LogP contribution >= 0.6 is 8.25 Å². The van der Waals surface area contributed by atoms with Crippen molar-refractivity contribution >= 4 is 8.25 Å². The second kappa shape index (κ2) is 34.3. The van der Waals surface area contributed by atoms with Crippen LogP contribution in [0.1, 0.15) is 187 Å². The standard InChI is InChI=1S/C29H60.H3O3P/c1-3-5-7-9-11-13-15-17-19-21-23-25-27-29-28-26-24-22-20-18-16-14-12-10-8-6-4-2;1-4(2)3/h3-29H2,1-2H3;4H,(H2,1,2,3). The van der Waals surface area contributed by atoms with Crippen molar-refractivity contribution in [1.29, 1.82) is 0 Å². The molecule has 0 aliphatic heterocycles. The number of rotatable bonds is 26. The van der Waals surface area contributed by atoms with Crippen molar-refractivity contribution in [3.8, 4) is 0 Å². The molecule has 0 fully saturated rings. The minimum Gasteiger partial charge on any atom is -0.326 e. The minimum atomic E-state index is -3.13. The van der Waals surface area contributed by atoms with E-state index in [0.29, 0.717) is 0 Å². The Kier molecular flexibility index (Phi) is 36.7. The fourth-order valence-corrected chi connectivity index (χ4v) is 4.57. The summed E-state index contributed by atoms with van der Waals surface area (Å²) in [6, 6.07) is 0. The Bertz CT molecular complexity index is 320. The Hall–Kier alpha value is 0.150. The zero-order valence-corrected chi connectivity index (χ0v) is 23.9. The first-order valence-electron chi connectivity index (χ1n) is 15.1. The van der Waals surface area contributed by atoms with Crippen LogP contribution < -0.4 is 0 Å². The third-order valence-corrected chi connectivity index (χ3v) is 6.71. The zero-order chi connectivity index (χ0) is 24.7. The van der Waals surface area contributed by atoms with Gasteiger partial charge in [-0.05, 0) is 0 Å². The van der Waals surface area contributed by atoms with E-state index in [2.05, 4.69) is 13.8 Å². The van der Waals surface area contributed by atoms with Gasteiger partial charge in [0, 0.05) is 0 Å². The highest BCUT2D eigenvalue weighted by Crippen LogP contribution is 2.16. The van der Waals surface area contributed by atoms with Gasteiger partial charge in [-0.2, -0.15) is 0 Å². The van der Waals surface area contributed by atoms with E-state index < -0.39 is 8.25 Å². The molecular weight excluding hydrogens is 427 g/mol. The Labute approximate surface area is 209 Å². The van der Waals surface area contributed by atoms with Crippen molar-refractivity contribution in [2.24, 2.45) is 0 Å². The molecular formula is C29H63O3P. The van der Waals surface area contributed by atoms with E-state index in [1.807, 2.05) is 0 Å². The van der Waals surface area contributed by atoms with Crippen LogP contribution in [0.3, 0.4) is 0 Å². The van der Waals surface area contributed by atoms with Crippen molar-refractivity contribution in [2.75, 3.05) is 0 Å². The second-order valence-electron chi connectivity index (χ2n) is 10.1. The van der Waals surface area contributed by atoms with E-state index in [1.165, 1.54) is 173 Å². The molecule has 4 heteroatoms. The molecule has 0 atom stereocenters. The summed E-state index contributed by atoms with van der Waals surface area (Å²) in [5.74, 6) is 0. The van der Waals surface area contributed by atoms with Gasteiger partial charge in [-0.25, -0.2) is 0 Å². The molecule has 0 amide bonds. The third kappa shape index (κ3) is 42.7. The molecule has 0 saturated carbocycles. The summed E-state index contributed by atoms with van der Waals surface area (Å²) in [6.45, 7) is 4.61. The highest BCUT2D eigenvalue weighted by Gasteiger charge is 1.96. The Balaban J connectivity index is 0. The van der Waals surface area contributed by atoms with Gasteiger partial charge < -0.3 is 9.79 Å². The lowest BCUT2D eigenvalue weighted by molar-refractivity contribution is 0.405. The van der Waals surface area contributed by atoms with E-state index in [0.717, 1.165) is 0 Å². The van der Waals surface area contributed by atoms with Crippen molar-refractivity contribution in [2.45, 2.75) is 187 Å². The fraction of sp³-hybridized carbons (Fsp3) is 1.00. The van der Waals surface area contributed by atoms with E-state index in [4.69, 9.17) is 14.4 Å². The molecule has 0 aromatic heterocycles. The second-order valence-corrected chi connectivity index (χ2v) is 10.7. The van der Waals surface area contributed by atoms with Crippen LogP contribution in [-0.4, -0.2) is 9.79 Å². The maximum absolute atomic E-state index is 8.74. The summed E-state index contributed by atoms with van der Waals surface area (Å²) in [5.41, 5.74) is 0. The van der Waals surface area contributed by atoms with Crippen LogP contribution in [0, 0.1) is 0 Å². The monoisotopic (exact) mass is 490 g/mol. The topological polar surface area (TPSA) is 57.5 Å². The summed E-state index contributed by atoms with van der Waals surface area (Å²) in [4.78, 5) is 14.3. The number of hydrogen-bond acceptors (Lipinski definition) is 1. The molecule has 0 radical (unpaired) electrons. The zero-order valence-electron chi connectivity index (χ0n) is 22.9. The van der Waals surface area contributed by atoms with Gasteiger partial charge >= 0.3 is 8.25 Å². The lowest BCUT2D eigenvalue weighted by Gasteiger charge is -2.04. The van der Waals surface area contributed by atoms with Crippen LogP contribution in [0.4, 0.5) is 0 Å². The van der Waals surface area contributed by atoms with E-state index >= 15 is 0 Å². The van der Waals surface area contributed by atoms with Crippen molar-refractivity contribution < 1.29 is 14.4 Å². The fourth-order valence-electron chi connectivity index (χ4n) is 4.57. The van der Waals surface area contributed by atoms with Crippen molar-refractivity contribution in [3.05, 3.63) is 0 Å². The summed E-state index contributed by atoms with van der Waals surface area (Å²) < 4.78 is 8.74. The molecule has 0 aromatic carbocycles. The van der Waals surface area contributed by atoms with Gasteiger partial charge in [-0.15, -0.1) is 0 Å². The molecule has 0 bridgehead atoms. The average molecular weight is 491 g/mol. The molecule has 0 aliphatic rings. The molecule has 0 rings (SSSR count). The van der Waals surface area contributed by atoms with Crippen LogP contribution in [0.5, 0.6) is 0 Å². The SMILES string of the molecule is CCCCCCCCCCCCCCCCCCCCCCCCCCCCC.O=[PH](O)O. The molecule has 0 aromatic rings. The number of hydrogen-bond donors (Lipinski definition) is 2. The van der Waals surface area contributed by atoms with Gasteiger partial charge in [0.05, 0.1) is 0 Å². The largest absolute Gasteiger partial charge is 0.326 e.